The number of halogens is 1. The summed E-state index contributed by atoms with van der Waals surface area (Å²) in [4.78, 5) is 17.9. The van der Waals surface area contributed by atoms with Gasteiger partial charge >= 0.3 is 0 Å². The van der Waals surface area contributed by atoms with Gasteiger partial charge in [-0.15, -0.1) is 4.99 Å². The van der Waals surface area contributed by atoms with Gasteiger partial charge in [0.25, 0.3) is 5.84 Å². The zero-order chi connectivity index (χ0) is 23.0. The van der Waals surface area contributed by atoms with Crippen LogP contribution in [0.4, 0.5) is 5.69 Å². The topological polar surface area (TPSA) is 93.5 Å². The number of ether oxygens (including phenoxy) is 1. The number of likely N-dealkylation sites (tertiary alicyclic amines) is 1. The van der Waals surface area contributed by atoms with Crippen molar-refractivity contribution in [3.63, 3.8) is 0 Å². The molecule has 1 aliphatic rings. The maximum atomic E-state index is 6.47. The molecule has 7 nitrogen and oxygen atoms in total. The van der Waals surface area contributed by atoms with Crippen LogP contribution in [0.25, 0.3) is 0 Å². The van der Waals surface area contributed by atoms with Gasteiger partial charge in [0.1, 0.15) is 23.7 Å². The van der Waals surface area contributed by atoms with Crippen LogP contribution < -0.4 is 15.5 Å². The van der Waals surface area contributed by atoms with Crippen LogP contribution in [0.1, 0.15) is 36.7 Å². The van der Waals surface area contributed by atoms with E-state index in [9.17, 15) is 0 Å². The molecular weight excluding hydrogens is 436 g/mol. The van der Waals surface area contributed by atoms with Crippen molar-refractivity contribution in [2.45, 2.75) is 32.9 Å². The Morgan fingerprint density at radius 3 is 2.88 bits per heavy atom. The van der Waals surface area contributed by atoms with E-state index in [4.69, 9.17) is 27.1 Å². The SMILES string of the molecule is CC1CCN(Cc2cc[nH]c2C(=Nc2ccc(OCc3ccccn3)c(Cl)c2)[NH+]=CN)CC1. The van der Waals surface area contributed by atoms with Crippen LogP contribution in [0.15, 0.2) is 59.9 Å². The fraction of sp³-hybridized carbons (Fsp3) is 0.320. The van der Waals surface area contributed by atoms with Crippen molar-refractivity contribution >= 4 is 29.5 Å². The number of nitrogens with two attached hydrogens (primary N) is 1. The Morgan fingerprint density at radius 2 is 2.15 bits per heavy atom. The normalized spacial score (nSPS) is 15.9. The first-order valence-electron chi connectivity index (χ1n) is 11.2. The van der Waals surface area contributed by atoms with Crippen LogP contribution in [0.5, 0.6) is 5.75 Å². The number of benzene rings is 1. The number of hydrogen-bond donors (Lipinski definition) is 3. The Morgan fingerprint density at radius 1 is 1.30 bits per heavy atom. The van der Waals surface area contributed by atoms with E-state index in [1.807, 2.05) is 36.5 Å². The van der Waals surface area contributed by atoms with Crippen LogP contribution in [0, 0.1) is 5.92 Å². The van der Waals surface area contributed by atoms with Crippen LogP contribution in [0.3, 0.4) is 0 Å². The minimum atomic E-state index is 0.346. The number of aromatic nitrogens is 2. The third-order valence-corrected chi connectivity index (χ3v) is 6.11. The van der Waals surface area contributed by atoms with Gasteiger partial charge in [0.2, 0.25) is 0 Å². The molecule has 8 heteroatoms. The van der Waals surface area contributed by atoms with E-state index in [0.717, 1.165) is 36.9 Å². The quantitative estimate of drug-likeness (QED) is 0.369. The monoisotopic (exact) mass is 465 g/mol. The van der Waals surface area contributed by atoms with Gasteiger partial charge in [-0.3, -0.25) is 9.88 Å². The number of amidine groups is 1. The molecule has 2 aromatic heterocycles. The van der Waals surface area contributed by atoms with Crippen molar-refractivity contribution in [2.24, 2.45) is 16.6 Å². The standard InChI is InChI=1S/C25H29ClN6O/c1-18-8-12-32(13-9-18)15-19-7-11-29-24(19)25(30-17-27)31-20-5-6-23(22(26)14-20)33-16-21-4-2-3-10-28-21/h2-7,10-11,14,17-18,29H,8-9,12-13,15-16H2,1H3,(H2,27,30,31)/p+1. The first kappa shape index (κ1) is 23.0. The number of aliphatic imine (C=N–C) groups is 1. The van der Waals surface area contributed by atoms with E-state index in [1.165, 1.54) is 24.7 Å². The van der Waals surface area contributed by atoms with Crippen molar-refractivity contribution in [1.29, 1.82) is 0 Å². The molecule has 0 radical (unpaired) electrons. The smallest absolute Gasteiger partial charge is 0.284 e. The van der Waals surface area contributed by atoms with E-state index in [-0.39, 0.29) is 0 Å². The lowest BCUT2D eigenvalue weighted by molar-refractivity contribution is -0.309. The molecule has 1 aliphatic heterocycles. The maximum Gasteiger partial charge on any atom is 0.284 e. The van der Waals surface area contributed by atoms with Gasteiger partial charge in [-0.25, -0.2) is 4.99 Å². The molecule has 1 aromatic carbocycles. The minimum Gasteiger partial charge on any atom is -0.486 e. The van der Waals surface area contributed by atoms with Crippen molar-refractivity contribution in [3.8, 4) is 5.75 Å². The number of hydrogen-bond acceptors (Lipinski definition) is 4. The van der Waals surface area contributed by atoms with E-state index in [0.29, 0.717) is 28.9 Å². The predicted octanol–water partition coefficient (Wildman–Crippen LogP) is 3.02. The third-order valence-electron chi connectivity index (χ3n) is 5.82. The van der Waals surface area contributed by atoms with Gasteiger partial charge in [0.05, 0.1) is 10.7 Å². The molecule has 0 saturated carbocycles. The van der Waals surface area contributed by atoms with E-state index >= 15 is 0 Å². The third kappa shape index (κ3) is 6.21. The van der Waals surface area contributed by atoms with Crippen LogP contribution in [0.2, 0.25) is 5.02 Å². The highest BCUT2D eigenvalue weighted by molar-refractivity contribution is 6.32. The number of piperidine rings is 1. The second-order valence-corrected chi connectivity index (χ2v) is 8.74. The zero-order valence-electron chi connectivity index (χ0n) is 18.8. The molecule has 172 valence electrons. The molecule has 0 amide bonds. The summed E-state index contributed by atoms with van der Waals surface area (Å²) in [5, 5.41) is 0.484. The number of rotatable bonds is 7. The highest BCUT2D eigenvalue weighted by Crippen LogP contribution is 2.30. The summed E-state index contributed by atoms with van der Waals surface area (Å²) in [5.74, 6) is 2.03. The van der Waals surface area contributed by atoms with Crippen molar-refractivity contribution in [3.05, 3.63) is 76.8 Å². The van der Waals surface area contributed by atoms with Crippen molar-refractivity contribution in [2.75, 3.05) is 13.1 Å². The number of nitrogens with one attached hydrogen (secondary N) is 2. The highest BCUT2D eigenvalue weighted by atomic mass is 35.5. The molecule has 1 saturated heterocycles. The number of H-pyrrole nitrogens is 1. The molecule has 0 spiro atoms. The Labute approximate surface area is 199 Å². The molecule has 3 heterocycles. The summed E-state index contributed by atoms with van der Waals surface area (Å²) in [5.41, 5.74) is 9.32. The summed E-state index contributed by atoms with van der Waals surface area (Å²) in [6, 6.07) is 13.3. The largest absolute Gasteiger partial charge is 0.486 e. The first-order valence-corrected chi connectivity index (χ1v) is 11.6. The fourth-order valence-corrected chi connectivity index (χ4v) is 4.12. The van der Waals surface area contributed by atoms with Gasteiger partial charge < -0.3 is 15.5 Å². The maximum absolute atomic E-state index is 6.47. The summed E-state index contributed by atoms with van der Waals surface area (Å²) in [6.07, 6.45) is 7.54. The lowest BCUT2D eigenvalue weighted by Crippen LogP contribution is -2.75. The van der Waals surface area contributed by atoms with Gasteiger partial charge in [-0.1, -0.05) is 24.6 Å². The second-order valence-electron chi connectivity index (χ2n) is 8.33. The molecule has 4 rings (SSSR count). The molecule has 0 atom stereocenters. The summed E-state index contributed by atoms with van der Waals surface area (Å²) in [7, 11) is 0. The van der Waals surface area contributed by atoms with E-state index < -0.39 is 0 Å². The molecule has 0 unspecified atom stereocenters. The van der Waals surface area contributed by atoms with Gasteiger partial charge in [0.15, 0.2) is 6.34 Å². The number of aromatic amines is 1. The first-order chi connectivity index (χ1) is 16.1. The zero-order valence-corrected chi connectivity index (χ0v) is 19.6. The Bertz CT molecular complexity index is 1100. The molecule has 0 aliphatic carbocycles. The van der Waals surface area contributed by atoms with Crippen molar-refractivity contribution in [1.82, 2.24) is 14.9 Å². The molecule has 0 bridgehead atoms. The highest BCUT2D eigenvalue weighted by Gasteiger charge is 2.20. The van der Waals surface area contributed by atoms with Crippen molar-refractivity contribution < 1.29 is 9.73 Å². The summed E-state index contributed by atoms with van der Waals surface area (Å²) >= 11 is 6.47. The number of nitrogens with zero attached hydrogens (tertiary/aromatic N) is 3. The molecule has 3 aromatic rings. The lowest BCUT2D eigenvalue weighted by atomic mass is 9.99. The van der Waals surface area contributed by atoms with Crippen LogP contribution in [-0.4, -0.2) is 40.1 Å². The number of pyridine rings is 1. The second kappa shape index (κ2) is 11.1. The Kier molecular flexibility index (Phi) is 7.75. The molecular formula is C25H30ClN6O+. The Hall–Kier alpha value is -3.16. The van der Waals surface area contributed by atoms with Crippen LogP contribution >= 0.6 is 11.6 Å². The van der Waals surface area contributed by atoms with Gasteiger partial charge in [-0.05, 0) is 67.7 Å². The lowest BCUT2D eigenvalue weighted by Gasteiger charge is -2.30. The molecule has 1 fully saturated rings. The van der Waals surface area contributed by atoms with E-state index in [1.54, 1.807) is 12.3 Å². The predicted molar refractivity (Wildman–Crippen MR) is 132 cm³/mol. The summed E-state index contributed by atoms with van der Waals surface area (Å²) < 4.78 is 5.82. The van der Waals surface area contributed by atoms with E-state index in [2.05, 4.69) is 32.9 Å². The molecule has 33 heavy (non-hydrogen) atoms. The van der Waals surface area contributed by atoms with Gasteiger partial charge in [-0.2, -0.15) is 0 Å². The van der Waals surface area contributed by atoms with Gasteiger partial charge in [0, 0.05) is 25.0 Å². The summed E-state index contributed by atoms with van der Waals surface area (Å²) in [6.45, 7) is 5.77. The Balaban J connectivity index is 1.50. The molecule has 4 N–H and O–H groups in total. The average molecular weight is 466 g/mol. The average Bonchev–Trinajstić information content (AvgIpc) is 3.28. The minimum absolute atomic E-state index is 0.346. The fourth-order valence-electron chi connectivity index (χ4n) is 3.89. The van der Waals surface area contributed by atoms with Crippen LogP contribution in [-0.2, 0) is 13.2 Å².